The van der Waals surface area contributed by atoms with E-state index < -0.39 is 17.6 Å². The van der Waals surface area contributed by atoms with Crippen molar-refractivity contribution in [2.24, 2.45) is 0 Å². The van der Waals surface area contributed by atoms with Crippen molar-refractivity contribution in [3.8, 4) is 0 Å². The molecule has 2 heterocycles. The summed E-state index contributed by atoms with van der Waals surface area (Å²) in [6.07, 6.45) is -2.45. The molecule has 1 aromatic carbocycles. The molecule has 32 heavy (non-hydrogen) atoms. The molecule has 0 spiro atoms. The maximum absolute atomic E-state index is 13.1. The second-order valence-corrected chi connectivity index (χ2v) is 8.62. The normalized spacial score (nSPS) is 17.4. The van der Waals surface area contributed by atoms with Crippen molar-refractivity contribution in [3.05, 3.63) is 29.8 Å². The number of rotatable bonds is 7. The van der Waals surface area contributed by atoms with Crippen LogP contribution in [0.1, 0.15) is 24.4 Å². The Kier molecular flexibility index (Phi) is 6.65. The van der Waals surface area contributed by atoms with Crippen LogP contribution in [0.15, 0.2) is 29.4 Å². The SMILES string of the molecule is O=C(CN1CCN(C(=O)CSc2nnnn2C2CC2)CC1)Nc1ccccc1C(F)(F)F. The molecule has 0 atom stereocenters. The van der Waals surface area contributed by atoms with Gasteiger partial charge in [0.25, 0.3) is 0 Å². The number of tetrazole rings is 1. The second kappa shape index (κ2) is 9.45. The number of amides is 2. The predicted octanol–water partition coefficient (Wildman–Crippen LogP) is 1.90. The Bertz CT molecular complexity index is 972. The molecule has 172 valence electrons. The molecular formula is C19H22F3N7O2S. The van der Waals surface area contributed by atoms with Gasteiger partial charge in [-0.05, 0) is 35.4 Å². The maximum atomic E-state index is 13.1. The molecule has 0 bridgehead atoms. The van der Waals surface area contributed by atoms with Crippen LogP contribution in [-0.2, 0) is 15.8 Å². The Morgan fingerprint density at radius 3 is 2.53 bits per heavy atom. The summed E-state index contributed by atoms with van der Waals surface area (Å²) in [6, 6.07) is 5.21. The lowest BCUT2D eigenvalue weighted by Gasteiger charge is -2.34. The van der Waals surface area contributed by atoms with Gasteiger partial charge in [0.1, 0.15) is 0 Å². The third kappa shape index (κ3) is 5.57. The van der Waals surface area contributed by atoms with Crippen LogP contribution in [0.2, 0.25) is 0 Å². The third-order valence-corrected chi connectivity index (χ3v) is 6.20. The highest BCUT2D eigenvalue weighted by Gasteiger charge is 2.34. The molecule has 1 aromatic heterocycles. The zero-order valence-corrected chi connectivity index (χ0v) is 17.9. The van der Waals surface area contributed by atoms with Crippen LogP contribution >= 0.6 is 11.8 Å². The van der Waals surface area contributed by atoms with Gasteiger partial charge in [0.2, 0.25) is 17.0 Å². The number of alkyl halides is 3. The van der Waals surface area contributed by atoms with Gasteiger partial charge in [-0.3, -0.25) is 14.5 Å². The third-order valence-electron chi connectivity index (χ3n) is 5.28. The lowest BCUT2D eigenvalue weighted by Crippen LogP contribution is -2.51. The van der Waals surface area contributed by atoms with Gasteiger partial charge in [-0.25, -0.2) is 4.68 Å². The van der Waals surface area contributed by atoms with Crippen LogP contribution in [0.3, 0.4) is 0 Å². The molecular weight excluding hydrogens is 447 g/mol. The molecule has 2 aliphatic rings. The number of carbonyl (C=O) groups is 2. The molecule has 2 aromatic rings. The van der Waals surface area contributed by atoms with Crippen LogP contribution in [0, 0.1) is 0 Å². The molecule has 1 aliphatic carbocycles. The van der Waals surface area contributed by atoms with Crippen molar-refractivity contribution in [2.75, 3.05) is 43.8 Å². The number of halogens is 3. The topological polar surface area (TPSA) is 96.2 Å². The van der Waals surface area contributed by atoms with Gasteiger partial charge in [0.15, 0.2) is 0 Å². The molecule has 1 saturated heterocycles. The van der Waals surface area contributed by atoms with Gasteiger partial charge in [-0.1, -0.05) is 23.9 Å². The molecule has 2 fully saturated rings. The van der Waals surface area contributed by atoms with E-state index in [2.05, 4.69) is 20.8 Å². The van der Waals surface area contributed by atoms with Crippen molar-refractivity contribution in [2.45, 2.75) is 30.2 Å². The van der Waals surface area contributed by atoms with Crippen molar-refractivity contribution in [1.82, 2.24) is 30.0 Å². The number of piperazine rings is 1. The minimum absolute atomic E-state index is 0.0384. The van der Waals surface area contributed by atoms with E-state index in [4.69, 9.17) is 0 Å². The predicted molar refractivity (Wildman–Crippen MR) is 110 cm³/mol. The van der Waals surface area contributed by atoms with Crippen molar-refractivity contribution >= 4 is 29.3 Å². The number of nitrogens with zero attached hydrogens (tertiary/aromatic N) is 6. The summed E-state index contributed by atoms with van der Waals surface area (Å²) in [6.45, 7) is 1.77. The summed E-state index contributed by atoms with van der Waals surface area (Å²) in [7, 11) is 0. The first kappa shape index (κ1) is 22.5. The molecule has 0 radical (unpaired) electrons. The zero-order valence-electron chi connectivity index (χ0n) is 17.1. The van der Waals surface area contributed by atoms with E-state index in [1.165, 1.54) is 30.0 Å². The number of thioether (sulfide) groups is 1. The van der Waals surface area contributed by atoms with Crippen LogP contribution < -0.4 is 5.32 Å². The molecule has 4 rings (SSSR count). The lowest BCUT2D eigenvalue weighted by molar-refractivity contribution is -0.137. The number of para-hydroxylation sites is 1. The highest BCUT2D eigenvalue weighted by Crippen LogP contribution is 2.36. The van der Waals surface area contributed by atoms with E-state index in [0.29, 0.717) is 37.4 Å². The molecule has 1 aliphatic heterocycles. The lowest BCUT2D eigenvalue weighted by atomic mass is 10.1. The highest BCUT2D eigenvalue weighted by molar-refractivity contribution is 7.99. The van der Waals surface area contributed by atoms with E-state index in [-0.39, 0.29) is 23.9 Å². The number of hydrogen-bond donors (Lipinski definition) is 1. The Morgan fingerprint density at radius 2 is 1.84 bits per heavy atom. The van der Waals surface area contributed by atoms with Gasteiger partial charge in [0.05, 0.1) is 29.6 Å². The average molecular weight is 469 g/mol. The summed E-state index contributed by atoms with van der Waals surface area (Å²) >= 11 is 1.31. The Morgan fingerprint density at radius 1 is 1.12 bits per heavy atom. The Balaban J connectivity index is 1.22. The summed E-state index contributed by atoms with van der Waals surface area (Å²) in [5, 5.41) is 14.6. The molecule has 9 nitrogen and oxygen atoms in total. The van der Waals surface area contributed by atoms with Crippen LogP contribution in [-0.4, -0.2) is 80.3 Å². The number of aromatic nitrogens is 4. The van der Waals surface area contributed by atoms with E-state index in [0.717, 1.165) is 18.9 Å². The summed E-state index contributed by atoms with van der Waals surface area (Å²) in [5.41, 5.74) is -1.14. The van der Waals surface area contributed by atoms with E-state index in [1.807, 2.05) is 4.90 Å². The average Bonchev–Trinajstić information content (AvgIpc) is 3.49. The fourth-order valence-corrected chi connectivity index (χ4v) is 4.28. The Hall–Kier alpha value is -2.67. The van der Waals surface area contributed by atoms with Gasteiger partial charge in [0, 0.05) is 26.2 Å². The fraction of sp³-hybridized carbons (Fsp3) is 0.526. The minimum Gasteiger partial charge on any atom is -0.339 e. The first-order chi connectivity index (χ1) is 15.3. The number of benzene rings is 1. The fourth-order valence-electron chi connectivity index (χ4n) is 3.43. The van der Waals surface area contributed by atoms with Gasteiger partial charge in [-0.15, -0.1) is 5.10 Å². The molecule has 13 heteroatoms. The first-order valence-corrected chi connectivity index (χ1v) is 11.2. The van der Waals surface area contributed by atoms with Crippen LogP contribution in [0.25, 0.3) is 0 Å². The number of carbonyl (C=O) groups excluding carboxylic acids is 2. The van der Waals surface area contributed by atoms with E-state index in [1.54, 1.807) is 9.58 Å². The summed E-state index contributed by atoms with van der Waals surface area (Å²) in [4.78, 5) is 28.3. The molecule has 0 unspecified atom stereocenters. The molecule has 1 saturated carbocycles. The van der Waals surface area contributed by atoms with E-state index >= 15 is 0 Å². The quantitative estimate of drug-likeness (QED) is 0.619. The van der Waals surface area contributed by atoms with Crippen molar-refractivity contribution in [3.63, 3.8) is 0 Å². The van der Waals surface area contributed by atoms with Crippen LogP contribution in [0.4, 0.5) is 18.9 Å². The maximum Gasteiger partial charge on any atom is 0.418 e. The van der Waals surface area contributed by atoms with Gasteiger partial charge >= 0.3 is 6.18 Å². The minimum atomic E-state index is -4.55. The molecule has 2 amide bonds. The Labute approximate surface area is 186 Å². The number of anilines is 1. The van der Waals surface area contributed by atoms with Crippen molar-refractivity contribution < 1.29 is 22.8 Å². The monoisotopic (exact) mass is 469 g/mol. The van der Waals surface area contributed by atoms with E-state index in [9.17, 15) is 22.8 Å². The number of nitrogens with one attached hydrogen (secondary N) is 1. The largest absolute Gasteiger partial charge is 0.418 e. The van der Waals surface area contributed by atoms with Crippen molar-refractivity contribution in [1.29, 1.82) is 0 Å². The molecule has 1 N–H and O–H groups in total. The van der Waals surface area contributed by atoms with Crippen LogP contribution in [0.5, 0.6) is 0 Å². The zero-order chi connectivity index (χ0) is 22.7. The summed E-state index contributed by atoms with van der Waals surface area (Å²) < 4.78 is 41.0. The van der Waals surface area contributed by atoms with Gasteiger partial charge in [-0.2, -0.15) is 13.2 Å². The summed E-state index contributed by atoms with van der Waals surface area (Å²) in [5.74, 6) is -0.338. The first-order valence-electron chi connectivity index (χ1n) is 10.2. The second-order valence-electron chi connectivity index (χ2n) is 7.67. The standard InChI is InChI=1S/C19H22F3N7O2S/c20-19(21,22)14-3-1-2-4-15(14)23-16(30)11-27-7-9-28(10-8-27)17(31)12-32-18-24-25-26-29(18)13-5-6-13/h1-4,13H,5-12H2,(H,23,30). The highest BCUT2D eigenvalue weighted by atomic mass is 32.2. The van der Waals surface area contributed by atoms with Gasteiger partial charge < -0.3 is 10.2 Å². The smallest absolute Gasteiger partial charge is 0.339 e. The number of hydrogen-bond acceptors (Lipinski definition) is 7.